The van der Waals surface area contributed by atoms with Crippen molar-refractivity contribution in [2.24, 2.45) is 0 Å². The Balaban J connectivity index is 1.63. The molecule has 0 saturated carbocycles. The third-order valence-corrected chi connectivity index (χ3v) is 4.35. The van der Waals surface area contributed by atoms with Gasteiger partial charge >= 0.3 is 6.18 Å². The van der Waals surface area contributed by atoms with Gasteiger partial charge in [0.2, 0.25) is 0 Å². The van der Waals surface area contributed by atoms with Crippen molar-refractivity contribution in [3.8, 4) is 11.3 Å². The number of rotatable bonds is 2. The first-order valence-corrected chi connectivity index (χ1v) is 8.02. The lowest BCUT2D eigenvalue weighted by atomic mass is 10.1. The summed E-state index contributed by atoms with van der Waals surface area (Å²) in [5.74, 6) is 0.720. The van der Waals surface area contributed by atoms with Crippen molar-refractivity contribution < 1.29 is 22.4 Å². The number of fused-ring (bicyclic) bond motifs is 1. The number of hydrogen-bond acceptors (Lipinski definition) is 2. The number of Topliss-reactive ketones (excluding diaryl/α,β-unsaturated/α-hetero) is 1. The van der Waals surface area contributed by atoms with Crippen LogP contribution >= 0.6 is 0 Å². The lowest BCUT2D eigenvalue weighted by Gasteiger charge is -2.07. The SMILES string of the molecule is O=C1/C(=C/c2ccc(-c3cccc(C(F)(F)F)c3)o2)Cc2ccccc21. The van der Waals surface area contributed by atoms with E-state index in [1.807, 2.05) is 18.2 Å². The highest BCUT2D eigenvalue weighted by molar-refractivity contribution is 6.15. The number of hydrogen-bond donors (Lipinski definition) is 0. The first kappa shape index (κ1) is 16.4. The van der Waals surface area contributed by atoms with Crippen molar-refractivity contribution >= 4 is 11.9 Å². The van der Waals surface area contributed by atoms with Crippen LogP contribution in [0.25, 0.3) is 17.4 Å². The molecule has 0 N–H and O–H groups in total. The third kappa shape index (κ3) is 2.96. The van der Waals surface area contributed by atoms with Crippen molar-refractivity contribution in [1.29, 1.82) is 0 Å². The number of carbonyl (C=O) groups excluding carboxylic acids is 1. The maximum absolute atomic E-state index is 12.9. The van der Waals surface area contributed by atoms with Crippen molar-refractivity contribution in [2.45, 2.75) is 12.6 Å². The van der Waals surface area contributed by atoms with Crippen LogP contribution in [0.1, 0.15) is 27.2 Å². The minimum Gasteiger partial charge on any atom is -0.457 e. The van der Waals surface area contributed by atoms with E-state index in [1.54, 1.807) is 30.3 Å². The standard InChI is InChI=1S/C21H13F3O2/c22-21(23,24)16-6-3-5-14(11-16)19-9-8-17(26-19)12-15-10-13-4-1-2-7-18(13)20(15)25/h1-9,11-12H,10H2/b15-12+. The Morgan fingerprint density at radius 3 is 2.54 bits per heavy atom. The first-order chi connectivity index (χ1) is 12.4. The van der Waals surface area contributed by atoms with Gasteiger partial charge in [-0.1, -0.05) is 36.4 Å². The maximum Gasteiger partial charge on any atom is 0.416 e. The van der Waals surface area contributed by atoms with Gasteiger partial charge in [-0.15, -0.1) is 0 Å². The molecule has 26 heavy (non-hydrogen) atoms. The molecule has 2 nitrogen and oxygen atoms in total. The van der Waals surface area contributed by atoms with E-state index in [9.17, 15) is 18.0 Å². The molecule has 0 fully saturated rings. The zero-order valence-corrected chi connectivity index (χ0v) is 13.5. The van der Waals surface area contributed by atoms with Crippen LogP contribution in [-0.4, -0.2) is 5.78 Å². The number of ketones is 1. The van der Waals surface area contributed by atoms with Gasteiger partial charge < -0.3 is 4.42 Å². The molecule has 0 bridgehead atoms. The van der Waals surface area contributed by atoms with Crippen molar-refractivity contribution in [3.63, 3.8) is 0 Å². The van der Waals surface area contributed by atoms with Crippen LogP contribution in [-0.2, 0) is 12.6 Å². The molecule has 2 aromatic carbocycles. The van der Waals surface area contributed by atoms with Gasteiger partial charge in [-0.25, -0.2) is 0 Å². The number of furan rings is 1. The minimum atomic E-state index is -4.41. The third-order valence-electron chi connectivity index (χ3n) is 4.35. The zero-order valence-electron chi connectivity index (χ0n) is 13.5. The molecule has 0 atom stereocenters. The Labute approximate surface area is 147 Å². The maximum atomic E-state index is 12.9. The summed E-state index contributed by atoms with van der Waals surface area (Å²) in [4.78, 5) is 12.4. The van der Waals surface area contributed by atoms with Crippen LogP contribution in [0.4, 0.5) is 13.2 Å². The molecule has 1 heterocycles. The van der Waals surface area contributed by atoms with Crippen LogP contribution in [0.5, 0.6) is 0 Å². The molecule has 1 aromatic heterocycles. The molecule has 3 aromatic rings. The van der Waals surface area contributed by atoms with Gasteiger partial charge in [0.05, 0.1) is 5.56 Å². The molecule has 0 unspecified atom stereocenters. The van der Waals surface area contributed by atoms with E-state index < -0.39 is 11.7 Å². The molecule has 0 spiro atoms. The Bertz CT molecular complexity index is 1030. The van der Waals surface area contributed by atoms with E-state index >= 15 is 0 Å². The number of alkyl halides is 3. The molecule has 0 saturated heterocycles. The van der Waals surface area contributed by atoms with Crippen molar-refractivity contribution in [3.05, 3.63) is 88.7 Å². The highest BCUT2D eigenvalue weighted by Crippen LogP contribution is 2.33. The van der Waals surface area contributed by atoms with Gasteiger partial charge in [-0.05, 0) is 35.9 Å². The Kier molecular flexibility index (Phi) is 3.80. The predicted molar refractivity (Wildman–Crippen MR) is 91.6 cm³/mol. The molecule has 0 aliphatic heterocycles. The summed E-state index contributed by atoms with van der Waals surface area (Å²) in [7, 11) is 0. The van der Waals surface area contributed by atoms with Crippen molar-refractivity contribution in [2.75, 3.05) is 0 Å². The summed E-state index contributed by atoms with van der Waals surface area (Å²) < 4.78 is 44.2. The van der Waals surface area contributed by atoms with Crippen LogP contribution in [0.2, 0.25) is 0 Å². The fraction of sp³-hybridized carbons (Fsp3) is 0.0952. The molecule has 4 rings (SSSR count). The molecular formula is C21H13F3O2. The molecule has 130 valence electrons. The van der Waals surface area contributed by atoms with Crippen LogP contribution < -0.4 is 0 Å². The van der Waals surface area contributed by atoms with E-state index in [-0.39, 0.29) is 5.78 Å². The second-order valence-corrected chi connectivity index (χ2v) is 6.11. The molecule has 0 radical (unpaired) electrons. The Hall–Kier alpha value is -3.08. The number of benzene rings is 2. The Morgan fingerprint density at radius 1 is 0.962 bits per heavy atom. The molecule has 0 amide bonds. The molecule has 5 heteroatoms. The normalized spacial score (nSPS) is 15.5. The highest BCUT2D eigenvalue weighted by atomic mass is 19.4. The highest BCUT2D eigenvalue weighted by Gasteiger charge is 2.30. The number of halogens is 3. The monoisotopic (exact) mass is 354 g/mol. The average molecular weight is 354 g/mol. The van der Waals surface area contributed by atoms with Gasteiger partial charge in [-0.3, -0.25) is 4.79 Å². The number of allylic oxidation sites excluding steroid dienone is 1. The van der Waals surface area contributed by atoms with E-state index in [1.165, 1.54) is 6.07 Å². The summed E-state index contributed by atoms with van der Waals surface area (Å²) >= 11 is 0. The summed E-state index contributed by atoms with van der Waals surface area (Å²) in [6.45, 7) is 0. The number of carbonyl (C=O) groups is 1. The zero-order chi connectivity index (χ0) is 18.3. The quantitative estimate of drug-likeness (QED) is 0.546. The average Bonchev–Trinajstić information content (AvgIpc) is 3.20. The van der Waals surface area contributed by atoms with Gasteiger partial charge in [0.15, 0.2) is 5.78 Å². The van der Waals surface area contributed by atoms with Crippen LogP contribution in [0, 0.1) is 0 Å². The lowest BCUT2D eigenvalue weighted by Crippen LogP contribution is -2.04. The topological polar surface area (TPSA) is 30.2 Å². The van der Waals surface area contributed by atoms with Gasteiger partial charge in [-0.2, -0.15) is 13.2 Å². The first-order valence-electron chi connectivity index (χ1n) is 8.02. The smallest absolute Gasteiger partial charge is 0.416 e. The van der Waals surface area contributed by atoms with Gasteiger partial charge in [0, 0.05) is 23.1 Å². The van der Waals surface area contributed by atoms with E-state index in [2.05, 4.69) is 0 Å². The molecule has 1 aliphatic carbocycles. The molecule has 1 aliphatic rings. The Morgan fingerprint density at radius 2 is 1.77 bits per heavy atom. The van der Waals surface area contributed by atoms with Crippen molar-refractivity contribution in [1.82, 2.24) is 0 Å². The van der Waals surface area contributed by atoms with E-state index in [0.29, 0.717) is 34.6 Å². The summed E-state index contributed by atoms with van der Waals surface area (Å²) in [5, 5.41) is 0. The minimum absolute atomic E-state index is 0.0439. The summed E-state index contributed by atoms with van der Waals surface area (Å²) in [5.41, 5.74) is 1.87. The van der Waals surface area contributed by atoms with Gasteiger partial charge in [0.25, 0.3) is 0 Å². The predicted octanol–water partition coefficient (Wildman–Crippen LogP) is 5.79. The van der Waals surface area contributed by atoms with Gasteiger partial charge in [0.1, 0.15) is 11.5 Å². The summed E-state index contributed by atoms with van der Waals surface area (Å²) in [6, 6.07) is 15.6. The fourth-order valence-electron chi connectivity index (χ4n) is 3.08. The second kappa shape index (κ2) is 6.02. The summed E-state index contributed by atoms with van der Waals surface area (Å²) in [6.07, 6.45) is -2.23. The lowest BCUT2D eigenvalue weighted by molar-refractivity contribution is -0.137. The fourth-order valence-corrected chi connectivity index (χ4v) is 3.08. The van der Waals surface area contributed by atoms with Crippen LogP contribution in [0.3, 0.4) is 0 Å². The largest absolute Gasteiger partial charge is 0.457 e. The van der Waals surface area contributed by atoms with E-state index in [0.717, 1.165) is 17.7 Å². The second-order valence-electron chi connectivity index (χ2n) is 6.11. The van der Waals surface area contributed by atoms with E-state index in [4.69, 9.17) is 4.42 Å². The van der Waals surface area contributed by atoms with Crippen LogP contribution in [0.15, 0.2) is 70.7 Å². The molecular weight excluding hydrogens is 341 g/mol.